The van der Waals surface area contributed by atoms with E-state index < -0.39 is 0 Å². The van der Waals surface area contributed by atoms with E-state index in [0.29, 0.717) is 0 Å². The molecule has 0 aliphatic carbocycles. The third-order valence-corrected chi connectivity index (χ3v) is 3.84. The predicted octanol–water partition coefficient (Wildman–Crippen LogP) is 4.33. The number of hydrogen-bond donors (Lipinski definition) is 0. The SMILES string of the molecule is Clc1cc(Br)cc(Cc2nccn2Cc2cccnc2)c1. The van der Waals surface area contributed by atoms with Gasteiger partial charge in [-0.15, -0.1) is 0 Å². The zero-order valence-electron chi connectivity index (χ0n) is 11.2. The summed E-state index contributed by atoms with van der Waals surface area (Å²) in [6.45, 7) is 0.769. The quantitative estimate of drug-likeness (QED) is 0.691. The van der Waals surface area contributed by atoms with E-state index in [-0.39, 0.29) is 0 Å². The first-order valence-electron chi connectivity index (χ1n) is 6.54. The summed E-state index contributed by atoms with van der Waals surface area (Å²) in [4.78, 5) is 8.60. The first-order valence-corrected chi connectivity index (χ1v) is 7.72. The van der Waals surface area contributed by atoms with Crippen molar-refractivity contribution in [3.8, 4) is 0 Å². The van der Waals surface area contributed by atoms with Gasteiger partial charge in [0, 0.05) is 40.7 Å². The van der Waals surface area contributed by atoms with E-state index in [1.807, 2.05) is 36.8 Å². The maximum absolute atomic E-state index is 6.09. The van der Waals surface area contributed by atoms with Crippen LogP contribution < -0.4 is 0 Å². The van der Waals surface area contributed by atoms with Gasteiger partial charge in [-0.25, -0.2) is 4.98 Å². The van der Waals surface area contributed by atoms with E-state index in [2.05, 4.69) is 42.6 Å². The molecule has 0 atom stereocenters. The van der Waals surface area contributed by atoms with Gasteiger partial charge in [-0.1, -0.05) is 33.6 Å². The van der Waals surface area contributed by atoms with E-state index in [9.17, 15) is 0 Å². The van der Waals surface area contributed by atoms with E-state index in [1.165, 1.54) is 0 Å². The van der Waals surface area contributed by atoms with Crippen LogP contribution in [0.1, 0.15) is 17.0 Å². The van der Waals surface area contributed by atoms with Crippen LogP contribution in [0, 0.1) is 0 Å². The van der Waals surface area contributed by atoms with Crippen molar-refractivity contribution >= 4 is 27.5 Å². The van der Waals surface area contributed by atoms with Crippen molar-refractivity contribution in [2.45, 2.75) is 13.0 Å². The molecule has 21 heavy (non-hydrogen) atoms. The van der Waals surface area contributed by atoms with Gasteiger partial charge < -0.3 is 4.57 Å². The molecule has 1 aromatic carbocycles. The van der Waals surface area contributed by atoms with Crippen molar-refractivity contribution < 1.29 is 0 Å². The third kappa shape index (κ3) is 3.71. The Kier molecular flexibility index (Phi) is 4.36. The second-order valence-electron chi connectivity index (χ2n) is 4.79. The number of imidazole rings is 1. The van der Waals surface area contributed by atoms with Gasteiger partial charge in [0.1, 0.15) is 5.82 Å². The summed E-state index contributed by atoms with van der Waals surface area (Å²) in [5.41, 5.74) is 2.29. The van der Waals surface area contributed by atoms with E-state index >= 15 is 0 Å². The maximum atomic E-state index is 6.09. The summed E-state index contributed by atoms with van der Waals surface area (Å²) in [7, 11) is 0. The molecule has 0 fully saturated rings. The van der Waals surface area contributed by atoms with Crippen molar-refractivity contribution in [1.82, 2.24) is 14.5 Å². The van der Waals surface area contributed by atoms with Crippen LogP contribution in [-0.4, -0.2) is 14.5 Å². The fourth-order valence-corrected chi connectivity index (χ4v) is 3.17. The lowest BCUT2D eigenvalue weighted by atomic mass is 10.1. The second-order valence-corrected chi connectivity index (χ2v) is 6.14. The summed E-state index contributed by atoms with van der Waals surface area (Å²) in [6, 6.07) is 9.92. The Morgan fingerprint density at radius 3 is 2.81 bits per heavy atom. The number of rotatable bonds is 4. The van der Waals surface area contributed by atoms with Crippen LogP contribution in [0.3, 0.4) is 0 Å². The molecule has 0 aliphatic heterocycles. The molecule has 0 saturated heterocycles. The van der Waals surface area contributed by atoms with E-state index in [4.69, 9.17) is 11.6 Å². The highest BCUT2D eigenvalue weighted by molar-refractivity contribution is 9.10. The van der Waals surface area contributed by atoms with Crippen LogP contribution in [0.25, 0.3) is 0 Å². The number of benzene rings is 1. The molecular formula is C16H13BrClN3. The van der Waals surface area contributed by atoms with Crippen LogP contribution in [0.2, 0.25) is 5.02 Å². The number of nitrogens with zero attached hydrogens (tertiary/aromatic N) is 3. The Morgan fingerprint density at radius 2 is 2.05 bits per heavy atom. The minimum absolute atomic E-state index is 0.727. The fourth-order valence-electron chi connectivity index (χ4n) is 2.24. The molecule has 0 spiro atoms. The largest absolute Gasteiger partial charge is 0.330 e. The summed E-state index contributed by atoms with van der Waals surface area (Å²) in [5, 5.41) is 0.727. The smallest absolute Gasteiger partial charge is 0.113 e. The molecule has 3 nitrogen and oxygen atoms in total. The zero-order valence-corrected chi connectivity index (χ0v) is 13.5. The highest BCUT2D eigenvalue weighted by atomic mass is 79.9. The average molecular weight is 363 g/mol. The normalized spacial score (nSPS) is 10.8. The lowest BCUT2D eigenvalue weighted by Crippen LogP contribution is -2.05. The highest BCUT2D eigenvalue weighted by Gasteiger charge is 2.06. The predicted molar refractivity (Wildman–Crippen MR) is 87.5 cm³/mol. The number of aromatic nitrogens is 3. The van der Waals surface area contributed by atoms with Crippen molar-refractivity contribution in [2.75, 3.05) is 0 Å². The van der Waals surface area contributed by atoms with Crippen molar-refractivity contribution in [1.29, 1.82) is 0 Å². The molecule has 106 valence electrons. The first-order chi connectivity index (χ1) is 10.2. The maximum Gasteiger partial charge on any atom is 0.113 e. The molecule has 0 saturated carbocycles. The summed E-state index contributed by atoms with van der Waals surface area (Å²) < 4.78 is 3.11. The molecule has 5 heteroatoms. The third-order valence-electron chi connectivity index (χ3n) is 3.16. The molecule has 3 aromatic rings. The molecule has 2 aromatic heterocycles. The summed E-state index contributed by atoms with van der Waals surface area (Å²) >= 11 is 9.56. The topological polar surface area (TPSA) is 30.7 Å². The Labute approximate surface area is 136 Å². The molecule has 3 rings (SSSR count). The lowest BCUT2D eigenvalue weighted by molar-refractivity contribution is 0.738. The van der Waals surface area contributed by atoms with Crippen LogP contribution in [-0.2, 0) is 13.0 Å². The van der Waals surface area contributed by atoms with Gasteiger partial charge >= 0.3 is 0 Å². The molecule has 0 amide bonds. The van der Waals surface area contributed by atoms with E-state index in [1.54, 1.807) is 6.20 Å². The first kappa shape index (κ1) is 14.3. The van der Waals surface area contributed by atoms with Gasteiger partial charge in [0.2, 0.25) is 0 Å². The molecule has 0 aliphatic rings. The molecule has 0 unspecified atom stereocenters. The van der Waals surface area contributed by atoms with Crippen molar-refractivity contribution in [3.63, 3.8) is 0 Å². The summed E-state index contributed by atoms with van der Waals surface area (Å²) in [5.74, 6) is 1.01. The minimum atomic E-state index is 0.727. The monoisotopic (exact) mass is 361 g/mol. The minimum Gasteiger partial charge on any atom is -0.330 e. The van der Waals surface area contributed by atoms with Crippen LogP contribution in [0.4, 0.5) is 0 Å². The number of halogens is 2. The molecular weight excluding hydrogens is 350 g/mol. The summed E-state index contributed by atoms with van der Waals surface area (Å²) in [6.07, 6.45) is 8.21. The van der Waals surface area contributed by atoms with Crippen molar-refractivity contribution in [2.24, 2.45) is 0 Å². The Morgan fingerprint density at radius 1 is 1.14 bits per heavy atom. The number of pyridine rings is 1. The Bertz CT molecular complexity index is 720. The lowest BCUT2D eigenvalue weighted by Gasteiger charge is -2.08. The standard InChI is InChI=1S/C16H13BrClN3/c17-14-6-13(7-15(18)9-14)8-16-20-4-5-21(16)11-12-2-1-3-19-10-12/h1-7,9-10H,8,11H2. The number of hydrogen-bond acceptors (Lipinski definition) is 2. The molecule has 0 N–H and O–H groups in total. The van der Waals surface area contributed by atoms with Gasteiger partial charge in [-0.05, 0) is 35.4 Å². The zero-order chi connectivity index (χ0) is 14.7. The fraction of sp³-hybridized carbons (Fsp3) is 0.125. The Hall–Kier alpha value is -1.65. The molecule has 2 heterocycles. The van der Waals surface area contributed by atoms with Crippen molar-refractivity contribution in [3.05, 3.63) is 81.6 Å². The molecule has 0 radical (unpaired) electrons. The van der Waals surface area contributed by atoms with Gasteiger partial charge in [-0.2, -0.15) is 0 Å². The average Bonchev–Trinajstić information content (AvgIpc) is 2.86. The van der Waals surface area contributed by atoms with Gasteiger partial charge in [0.05, 0.1) is 6.54 Å². The second kappa shape index (κ2) is 6.41. The van der Waals surface area contributed by atoms with Crippen LogP contribution >= 0.6 is 27.5 Å². The van der Waals surface area contributed by atoms with Crippen LogP contribution in [0.5, 0.6) is 0 Å². The van der Waals surface area contributed by atoms with Gasteiger partial charge in [-0.3, -0.25) is 4.98 Å². The van der Waals surface area contributed by atoms with E-state index in [0.717, 1.165) is 39.4 Å². The molecule has 0 bridgehead atoms. The highest BCUT2D eigenvalue weighted by Crippen LogP contribution is 2.21. The van der Waals surface area contributed by atoms with Gasteiger partial charge in [0.15, 0.2) is 0 Å². The van der Waals surface area contributed by atoms with Gasteiger partial charge in [0.25, 0.3) is 0 Å². The Balaban J connectivity index is 1.82. The van der Waals surface area contributed by atoms with Crippen LogP contribution in [0.15, 0.2) is 59.6 Å².